The number of hydrogen-bond donors (Lipinski definition) is 1. The highest BCUT2D eigenvalue weighted by atomic mass is 127. The van der Waals surface area contributed by atoms with E-state index in [1.165, 1.54) is 28.2 Å². The SMILES string of the molecule is Cn1ncc(I)c1C(=O)Nc1nc(-c2ccc(OC(F)F)cc2)cs1. The fourth-order valence-corrected chi connectivity index (χ4v) is 3.53. The van der Waals surface area contributed by atoms with Gasteiger partial charge < -0.3 is 4.74 Å². The molecule has 0 atom stereocenters. The molecular formula is C15H11F2IN4O2S. The Morgan fingerprint density at radius 1 is 1.36 bits per heavy atom. The quantitative estimate of drug-likeness (QED) is 0.566. The highest BCUT2D eigenvalue weighted by Gasteiger charge is 2.17. The summed E-state index contributed by atoms with van der Waals surface area (Å²) in [6.45, 7) is -2.86. The van der Waals surface area contributed by atoms with Gasteiger partial charge in [0.1, 0.15) is 11.4 Å². The molecule has 0 aliphatic rings. The van der Waals surface area contributed by atoms with E-state index in [2.05, 4.69) is 20.1 Å². The maximum absolute atomic E-state index is 12.3. The molecule has 0 radical (unpaired) electrons. The molecule has 0 spiro atoms. The number of alkyl halides is 2. The monoisotopic (exact) mass is 476 g/mol. The summed E-state index contributed by atoms with van der Waals surface area (Å²) in [5, 5.41) is 8.96. The minimum atomic E-state index is -2.86. The Balaban J connectivity index is 1.73. The molecule has 130 valence electrons. The molecule has 2 heterocycles. The Morgan fingerprint density at radius 2 is 2.08 bits per heavy atom. The number of rotatable bonds is 5. The van der Waals surface area contributed by atoms with Crippen molar-refractivity contribution in [3.63, 3.8) is 0 Å². The molecule has 0 unspecified atom stereocenters. The number of amides is 1. The second kappa shape index (κ2) is 7.44. The van der Waals surface area contributed by atoms with Gasteiger partial charge in [0.05, 0.1) is 15.5 Å². The highest BCUT2D eigenvalue weighted by Crippen LogP contribution is 2.27. The number of thiazole rings is 1. The van der Waals surface area contributed by atoms with Crippen LogP contribution in [0.5, 0.6) is 5.75 Å². The Bertz CT molecular complexity index is 876. The third-order valence-electron chi connectivity index (χ3n) is 3.21. The van der Waals surface area contributed by atoms with E-state index >= 15 is 0 Å². The average molecular weight is 476 g/mol. The summed E-state index contributed by atoms with van der Waals surface area (Å²) < 4.78 is 30.9. The predicted octanol–water partition coefficient (Wildman–Crippen LogP) is 4.00. The standard InChI is InChI=1S/C15H11F2IN4O2S/c1-22-12(10(18)6-19-22)13(23)21-15-20-11(7-25-15)8-2-4-9(5-3-8)24-14(16)17/h2-7,14H,1H3,(H,20,21,23). The van der Waals surface area contributed by atoms with Crippen LogP contribution in [0.1, 0.15) is 10.5 Å². The number of nitrogens with one attached hydrogen (secondary N) is 1. The fourth-order valence-electron chi connectivity index (χ4n) is 2.09. The number of halogens is 3. The molecule has 0 aliphatic heterocycles. The van der Waals surface area contributed by atoms with Gasteiger partial charge in [-0.3, -0.25) is 14.8 Å². The van der Waals surface area contributed by atoms with Crippen LogP contribution in [0, 0.1) is 3.57 Å². The lowest BCUT2D eigenvalue weighted by atomic mass is 10.2. The smallest absolute Gasteiger partial charge is 0.387 e. The Hall–Kier alpha value is -2.08. The fraction of sp³-hybridized carbons (Fsp3) is 0.133. The number of anilines is 1. The molecule has 1 N–H and O–H groups in total. The maximum Gasteiger partial charge on any atom is 0.387 e. The van der Waals surface area contributed by atoms with E-state index in [4.69, 9.17) is 0 Å². The summed E-state index contributed by atoms with van der Waals surface area (Å²) in [5.41, 5.74) is 1.81. The minimum absolute atomic E-state index is 0.0771. The molecular weight excluding hydrogens is 465 g/mol. The molecule has 1 amide bonds. The molecule has 6 nitrogen and oxygen atoms in total. The normalized spacial score (nSPS) is 10.9. The van der Waals surface area contributed by atoms with Gasteiger partial charge in [-0.2, -0.15) is 13.9 Å². The molecule has 0 bridgehead atoms. The lowest BCUT2D eigenvalue weighted by Gasteiger charge is -2.04. The van der Waals surface area contributed by atoms with Gasteiger partial charge >= 0.3 is 6.61 Å². The topological polar surface area (TPSA) is 69.0 Å². The van der Waals surface area contributed by atoms with Crippen molar-refractivity contribution in [1.29, 1.82) is 0 Å². The largest absolute Gasteiger partial charge is 0.435 e. The van der Waals surface area contributed by atoms with Crippen molar-refractivity contribution in [1.82, 2.24) is 14.8 Å². The Labute approximate surface area is 159 Å². The van der Waals surface area contributed by atoms with Gasteiger partial charge in [-0.25, -0.2) is 4.98 Å². The molecule has 0 aliphatic carbocycles. The van der Waals surface area contributed by atoms with Gasteiger partial charge in [0, 0.05) is 18.0 Å². The van der Waals surface area contributed by atoms with Crippen LogP contribution in [-0.2, 0) is 7.05 Å². The van der Waals surface area contributed by atoms with E-state index in [9.17, 15) is 13.6 Å². The second-order valence-electron chi connectivity index (χ2n) is 4.86. The van der Waals surface area contributed by atoms with E-state index in [0.29, 0.717) is 16.5 Å². The first-order valence-corrected chi connectivity index (χ1v) is 8.89. The first kappa shape index (κ1) is 17.7. The van der Waals surface area contributed by atoms with Crippen molar-refractivity contribution < 1.29 is 18.3 Å². The van der Waals surface area contributed by atoms with E-state index < -0.39 is 6.61 Å². The van der Waals surface area contributed by atoms with Crippen molar-refractivity contribution in [2.45, 2.75) is 6.61 Å². The number of carbonyl (C=O) groups excluding carboxylic acids is 1. The Kier molecular flexibility index (Phi) is 5.27. The van der Waals surface area contributed by atoms with Crippen LogP contribution in [0.2, 0.25) is 0 Å². The van der Waals surface area contributed by atoms with Gasteiger partial charge in [0.15, 0.2) is 5.13 Å². The van der Waals surface area contributed by atoms with Crippen LogP contribution < -0.4 is 10.1 Å². The van der Waals surface area contributed by atoms with Crippen molar-refractivity contribution >= 4 is 45.0 Å². The first-order valence-electron chi connectivity index (χ1n) is 6.93. The van der Waals surface area contributed by atoms with Gasteiger partial charge in [0.2, 0.25) is 0 Å². The van der Waals surface area contributed by atoms with Crippen molar-refractivity contribution in [2.24, 2.45) is 7.05 Å². The first-order chi connectivity index (χ1) is 11.9. The number of aryl methyl sites for hydroxylation is 1. The molecule has 10 heteroatoms. The zero-order chi connectivity index (χ0) is 18.0. The molecule has 0 saturated carbocycles. The number of ether oxygens (including phenoxy) is 1. The lowest BCUT2D eigenvalue weighted by molar-refractivity contribution is -0.0498. The lowest BCUT2D eigenvalue weighted by Crippen LogP contribution is -2.17. The third kappa shape index (κ3) is 4.12. The van der Waals surface area contributed by atoms with Crippen molar-refractivity contribution in [3.8, 4) is 17.0 Å². The zero-order valence-corrected chi connectivity index (χ0v) is 15.7. The van der Waals surface area contributed by atoms with E-state index in [0.717, 1.165) is 9.13 Å². The summed E-state index contributed by atoms with van der Waals surface area (Å²) in [6.07, 6.45) is 1.60. The Morgan fingerprint density at radius 3 is 2.68 bits per heavy atom. The highest BCUT2D eigenvalue weighted by molar-refractivity contribution is 14.1. The molecule has 1 aromatic carbocycles. The summed E-state index contributed by atoms with van der Waals surface area (Å²) in [5.74, 6) is -0.223. The third-order valence-corrected chi connectivity index (χ3v) is 4.76. The molecule has 3 rings (SSSR count). The van der Waals surface area contributed by atoms with Crippen LogP contribution in [0.15, 0.2) is 35.8 Å². The van der Waals surface area contributed by atoms with Gasteiger partial charge in [-0.15, -0.1) is 11.3 Å². The number of benzene rings is 1. The van der Waals surface area contributed by atoms with E-state index in [1.54, 1.807) is 30.8 Å². The summed E-state index contributed by atoms with van der Waals surface area (Å²) >= 11 is 3.31. The maximum atomic E-state index is 12.3. The van der Waals surface area contributed by atoms with E-state index in [1.807, 2.05) is 22.6 Å². The van der Waals surface area contributed by atoms with Gasteiger partial charge in [-0.1, -0.05) is 0 Å². The van der Waals surface area contributed by atoms with Gasteiger partial charge in [0.25, 0.3) is 5.91 Å². The zero-order valence-electron chi connectivity index (χ0n) is 12.7. The van der Waals surface area contributed by atoms with Gasteiger partial charge in [-0.05, 0) is 46.9 Å². The summed E-state index contributed by atoms with van der Waals surface area (Å²) in [6, 6.07) is 6.14. The molecule has 3 aromatic rings. The molecule has 0 saturated heterocycles. The van der Waals surface area contributed by atoms with Crippen molar-refractivity contribution in [3.05, 3.63) is 45.1 Å². The number of nitrogens with zero attached hydrogens (tertiary/aromatic N) is 3. The number of carbonyl (C=O) groups is 1. The summed E-state index contributed by atoms with van der Waals surface area (Å²) in [4.78, 5) is 16.7. The predicted molar refractivity (Wildman–Crippen MR) is 98.1 cm³/mol. The van der Waals surface area contributed by atoms with Crippen LogP contribution in [0.4, 0.5) is 13.9 Å². The molecule has 0 fully saturated rings. The second-order valence-corrected chi connectivity index (χ2v) is 6.88. The van der Waals surface area contributed by atoms with Crippen LogP contribution in [0.25, 0.3) is 11.3 Å². The van der Waals surface area contributed by atoms with Crippen LogP contribution in [-0.4, -0.2) is 27.3 Å². The number of aromatic nitrogens is 3. The molecule has 2 aromatic heterocycles. The van der Waals surface area contributed by atoms with E-state index in [-0.39, 0.29) is 11.7 Å². The molecule has 25 heavy (non-hydrogen) atoms. The minimum Gasteiger partial charge on any atom is -0.435 e. The van der Waals surface area contributed by atoms with Crippen LogP contribution >= 0.6 is 33.9 Å². The average Bonchev–Trinajstić information content (AvgIpc) is 3.14. The summed E-state index contributed by atoms with van der Waals surface area (Å²) in [7, 11) is 1.69. The number of hydrogen-bond acceptors (Lipinski definition) is 5. The van der Waals surface area contributed by atoms with Crippen LogP contribution in [0.3, 0.4) is 0 Å². The van der Waals surface area contributed by atoms with Crippen molar-refractivity contribution in [2.75, 3.05) is 5.32 Å².